The number of thioether (sulfide) groups is 1. The van der Waals surface area contributed by atoms with Crippen molar-refractivity contribution < 1.29 is 26.3 Å². The molecule has 0 aromatic rings. The molecule has 0 saturated carbocycles. The number of halogens is 6. The molecule has 9 heteroatoms. The first-order valence-corrected chi connectivity index (χ1v) is 6.87. The Morgan fingerprint density at radius 3 is 2.11 bits per heavy atom. The van der Waals surface area contributed by atoms with Gasteiger partial charge < -0.3 is 5.32 Å². The van der Waals surface area contributed by atoms with Crippen molar-refractivity contribution in [2.45, 2.75) is 30.6 Å². The lowest BCUT2D eigenvalue weighted by Gasteiger charge is -2.32. The number of hydrogen-bond acceptors (Lipinski definition) is 3. The highest BCUT2D eigenvalue weighted by atomic mass is 32.2. The number of piperidine rings is 1. The number of rotatable bonds is 5. The molecule has 1 N–H and O–H groups in total. The molecule has 0 aliphatic carbocycles. The molecular weight excluding hydrogens is 294 g/mol. The largest absolute Gasteiger partial charge is 0.441 e. The first-order valence-electron chi connectivity index (χ1n) is 5.89. The second kappa shape index (κ2) is 7.03. The Hall–Kier alpha value is -0.150. The molecule has 1 rings (SSSR count). The van der Waals surface area contributed by atoms with E-state index in [-0.39, 0.29) is 30.1 Å². The fourth-order valence-electron chi connectivity index (χ4n) is 1.98. The molecule has 0 bridgehead atoms. The molecule has 19 heavy (non-hydrogen) atoms. The number of hydrogen-bond donors (Lipinski definition) is 1. The van der Waals surface area contributed by atoms with Gasteiger partial charge >= 0.3 is 11.7 Å². The summed E-state index contributed by atoms with van der Waals surface area (Å²) in [4.78, 5) is 1.32. The van der Waals surface area contributed by atoms with Crippen molar-refractivity contribution >= 4 is 11.8 Å². The minimum absolute atomic E-state index is 0.0123. The van der Waals surface area contributed by atoms with E-state index < -0.39 is 18.2 Å². The number of nitrogens with one attached hydrogen (secondary N) is 1. The summed E-state index contributed by atoms with van der Waals surface area (Å²) in [6.07, 6.45) is -3.12. The van der Waals surface area contributed by atoms with Gasteiger partial charge in [0.05, 0.1) is 6.54 Å². The molecule has 1 aliphatic heterocycles. The molecule has 0 aromatic carbocycles. The summed E-state index contributed by atoms with van der Waals surface area (Å²) >= 11 is -0.0911. The van der Waals surface area contributed by atoms with Gasteiger partial charge in [-0.2, -0.15) is 26.3 Å². The molecule has 0 unspecified atom stereocenters. The van der Waals surface area contributed by atoms with Crippen LogP contribution in [-0.2, 0) is 0 Å². The molecule has 114 valence electrons. The summed E-state index contributed by atoms with van der Waals surface area (Å²) in [5.74, 6) is -0.0771. The fraction of sp³-hybridized carbons (Fsp3) is 1.00. The topological polar surface area (TPSA) is 15.3 Å². The van der Waals surface area contributed by atoms with E-state index in [1.165, 1.54) is 4.90 Å². The Bertz CT molecular complexity index is 257. The molecular formula is C10H16F6N2S. The van der Waals surface area contributed by atoms with Gasteiger partial charge in [0.1, 0.15) is 0 Å². The Morgan fingerprint density at radius 2 is 1.63 bits per heavy atom. The van der Waals surface area contributed by atoms with Crippen LogP contribution >= 0.6 is 11.8 Å². The third-order valence-corrected chi connectivity index (χ3v) is 3.53. The van der Waals surface area contributed by atoms with Crippen LogP contribution in [0.2, 0.25) is 0 Å². The van der Waals surface area contributed by atoms with Crippen LogP contribution in [0.1, 0.15) is 12.8 Å². The first-order chi connectivity index (χ1) is 8.66. The Morgan fingerprint density at radius 1 is 1.05 bits per heavy atom. The van der Waals surface area contributed by atoms with Crippen LogP contribution in [0.5, 0.6) is 0 Å². The molecule has 1 aliphatic rings. The van der Waals surface area contributed by atoms with Gasteiger partial charge in [0.2, 0.25) is 0 Å². The number of alkyl halides is 6. The molecule has 0 radical (unpaired) electrons. The maximum atomic E-state index is 12.1. The molecule has 0 spiro atoms. The average molecular weight is 310 g/mol. The molecule has 0 amide bonds. The SMILES string of the molecule is FC(F)(F)CN1CCC(NCCSC(F)(F)F)CC1. The average Bonchev–Trinajstić information content (AvgIpc) is 2.23. The molecule has 1 heterocycles. The van der Waals surface area contributed by atoms with Gasteiger partial charge in [-0.3, -0.25) is 4.90 Å². The van der Waals surface area contributed by atoms with Crippen LogP contribution in [0.15, 0.2) is 0 Å². The van der Waals surface area contributed by atoms with Crippen molar-refractivity contribution in [1.29, 1.82) is 0 Å². The first kappa shape index (κ1) is 16.9. The summed E-state index contributed by atoms with van der Waals surface area (Å²) in [7, 11) is 0. The molecule has 2 nitrogen and oxygen atoms in total. The third-order valence-electron chi connectivity index (χ3n) is 2.79. The van der Waals surface area contributed by atoms with Crippen LogP contribution in [0.4, 0.5) is 26.3 Å². The predicted octanol–water partition coefficient (Wildman–Crippen LogP) is 2.86. The standard InChI is InChI=1S/C10H16F6N2S/c11-9(12,13)7-18-4-1-8(2-5-18)17-3-6-19-10(14,15)16/h8,17H,1-7H2. The van der Waals surface area contributed by atoms with Gasteiger partial charge in [-0.25, -0.2) is 0 Å². The van der Waals surface area contributed by atoms with E-state index in [1.54, 1.807) is 0 Å². The van der Waals surface area contributed by atoms with E-state index in [0.29, 0.717) is 25.9 Å². The third kappa shape index (κ3) is 8.59. The van der Waals surface area contributed by atoms with Crippen LogP contribution in [0.3, 0.4) is 0 Å². The zero-order valence-corrected chi connectivity index (χ0v) is 11.0. The monoisotopic (exact) mass is 310 g/mol. The quantitative estimate of drug-likeness (QED) is 0.621. The second-order valence-electron chi connectivity index (χ2n) is 4.41. The zero-order chi connectivity index (χ0) is 14.5. The minimum atomic E-state index is -4.22. The summed E-state index contributed by atoms with van der Waals surface area (Å²) in [5.41, 5.74) is -4.22. The fourth-order valence-corrected chi connectivity index (χ4v) is 2.43. The number of nitrogens with zero attached hydrogens (tertiary/aromatic N) is 1. The minimum Gasteiger partial charge on any atom is -0.313 e. The van der Waals surface area contributed by atoms with Gasteiger partial charge in [0.15, 0.2) is 0 Å². The van der Waals surface area contributed by atoms with Gasteiger partial charge in [0.25, 0.3) is 0 Å². The van der Waals surface area contributed by atoms with Crippen molar-refractivity contribution in [3.8, 4) is 0 Å². The van der Waals surface area contributed by atoms with Crippen molar-refractivity contribution in [3.05, 3.63) is 0 Å². The van der Waals surface area contributed by atoms with Crippen LogP contribution in [0.25, 0.3) is 0 Å². The Labute approximate surface area is 111 Å². The maximum Gasteiger partial charge on any atom is 0.441 e. The lowest BCUT2D eigenvalue weighted by Crippen LogP contribution is -2.46. The highest BCUT2D eigenvalue weighted by molar-refractivity contribution is 8.00. The van der Waals surface area contributed by atoms with Crippen molar-refractivity contribution in [3.63, 3.8) is 0 Å². The van der Waals surface area contributed by atoms with E-state index in [4.69, 9.17) is 0 Å². The summed E-state index contributed by atoms with van der Waals surface area (Å²) in [6.45, 7) is -0.0507. The van der Waals surface area contributed by atoms with Gasteiger partial charge in [-0.1, -0.05) is 0 Å². The van der Waals surface area contributed by atoms with E-state index in [1.807, 2.05) is 0 Å². The van der Waals surface area contributed by atoms with E-state index in [0.717, 1.165) is 0 Å². The van der Waals surface area contributed by atoms with Crippen LogP contribution in [-0.4, -0.2) is 54.6 Å². The van der Waals surface area contributed by atoms with Gasteiger partial charge in [-0.05, 0) is 37.7 Å². The summed E-state index contributed by atoms with van der Waals surface area (Å²) < 4.78 is 71.9. The highest BCUT2D eigenvalue weighted by Crippen LogP contribution is 2.29. The van der Waals surface area contributed by atoms with E-state index >= 15 is 0 Å². The highest BCUT2D eigenvalue weighted by Gasteiger charge is 2.32. The van der Waals surface area contributed by atoms with Crippen molar-refractivity contribution in [2.75, 3.05) is 31.9 Å². The van der Waals surface area contributed by atoms with Gasteiger partial charge in [-0.15, -0.1) is 0 Å². The smallest absolute Gasteiger partial charge is 0.313 e. The maximum absolute atomic E-state index is 12.1. The lowest BCUT2D eigenvalue weighted by molar-refractivity contribution is -0.148. The zero-order valence-electron chi connectivity index (χ0n) is 10.2. The normalized spacial score (nSPS) is 19.9. The Kier molecular flexibility index (Phi) is 6.25. The molecule has 1 saturated heterocycles. The molecule has 1 fully saturated rings. The molecule has 0 atom stereocenters. The molecule has 0 aromatic heterocycles. The van der Waals surface area contributed by atoms with E-state index in [9.17, 15) is 26.3 Å². The number of likely N-dealkylation sites (tertiary alicyclic amines) is 1. The Balaban J connectivity index is 2.10. The lowest BCUT2D eigenvalue weighted by atomic mass is 10.1. The van der Waals surface area contributed by atoms with Crippen LogP contribution < -0.4 is 5.32 Å². The summed E-state index contributed by atoms with van der Waals surface area (Å²) in [5, 5.41) is 2.95. The predicted molar refractivity (Wildman–Crippen MR) is 62.0 cm³/mol. The summed E-state index contributed by atoms with van der Waals surface area (Å²) in [6, 6.07) is 0.0123. The second-order valence-corrected chi connectivity index (χ2v) is 5.57. The van der Waals surface area contributed by atoms with Crippen molar-refractivity contribution in [1.82, 2.24) is 10.2 Å². The van der Waals surface area contributed by atoms with Crippen molar-refractivity contribution in [2.24, 2.45) is 0 Å². The van der Waals surface area contributed by atoms with Gasteiger partial charge in [0, 0.05) is 18.3 Å². The van der Waals surface area contributed by atoms with E-state index in [2.05, 4.69) is 5.32 Å². The van der Waals surface area contributed by atoms with Crippen LogP contribution in [0, 0.1) is 0 Å².